The smallest absolute Gasteiger partial charge is 0.185 e. The zero-order valence-corrected chi connectivity index (χ0v) is 9.30. The topological polar surface area (TPSA) is 56.0 Å². The van der Waals surface area contributed by atoms with Crippen molar-refractivity contribution in [3.05, 3.63) is 24.0 Å². The Morgan fingerprint density at radius 1 is 1.60 bits per heavy atom. The second-order valence-electron chi connectivity index (χ2n) is 2.90. The predicted octanol–water partition coefficient (Wildman–Crippen LogP) is 1.69. The lowest BCUT2D eigenvalue weighted by molar-refractivity contribution is -0.109. The second-order valence-corrected chi connectivity index (χ2v) is 4.17. The first kappa shape index (κ1) is 11.6. The van der Waals surface area contributed by atoms with E-state index in [9.17, 15) is 4.79 Å². The molecule has 0 aliphatic carbocycles. The van der Waals surface area contributed by atoms with Crippen molar-refractivity contribution in [2.75, 3.05) is 11.5 Å². The van der Waals surface area contributed by atoms with E-state index < -0.39 is 0 Å². The molecular formula is C11H12N2OS. The zero-order valence-electron chi connectivity index (χ0n) is 8.49. The minimum atomic E-state index is 0.127. The molecule has 0 spiro atoms. The van der Waals surface area contributed by atoms with Crippen LogP contribution in [0.5, 0.6) is 0 Å². The lowest BCUT2D eigenvalue weighted by Crippen LogP contribution is -1.87. The highest BCUT2D eigenvalue weighted by Crippen LogP contribution is 2.04. The van der Waals surface area contributed by atoms with Crippen LogP contribution in [0.4, 0.5) is 5.69 Å². The van der Waals surface area contributed by atoms with Crippen LogP contribution in [0, 0.1) is 11.8 Å². The summed E-state index contributed by atoms with van der Waals surface area (Å²) in [7, 11) is 0. The molecular weight excluding hydrogens is 208 g/mol. The van der Waals surface area contributed by atoms with Crippen LogP contribution in [0.2, 0.25) is 0 Å². The molecule has 0 aromatic carbocycles. The molecule has 0 aliphatic heterocycles. The highest BCUT2D eigenvalue weighted by atomic mass is 32.2. The molecule has 4 heteroatoms. The van der Waals surface area contributed by atoms with Gasteiger partial charge in [0.15, 0.2) is 5.12 Å². The molecule has 0 saturated heterocycles. The molecule has 1 heterocycles. The third-order valence-electron chi connectivity index (χ3n) is 1.52. The second kappa shape index (κ2) is 6.10. The maximum Gasteiger partial charge on any atom is 0.185 e. The number of carbonyl (C=O) groups excluding carboxylic acids is 1. The molecule has 1 rings (SSSR count). The van der Waals surface area contributed by atoms with Crippen LogP contribution in [-0.4, -0.2) is 15.9 Å². The van der Waals surface area contributed by atoms with E-state index in [4.69, 9.17) is 5.73 Å². The van der Waals surface area contributed by atoms with Gasteiger partial charge in [0, 0.05) is 37.1 Å². The van der Waals surface area contributed by atoms with Crippen molar-refractivity contribution < 1.29 is 4.79 Å². The number of nitrogens with zero attached hydrogens (tertiary/aromatic N) is 1. The molecule has 2 N–H and O–H groups in total. The molecule has 0 fully saturated rings. The van der Waals surface area contributed by atoms with Gasteiger partial charge in [-0.2, -0.15) is 0 Å². The zero-order chi connectivity index (χ0) is 11.1. The van der Waals surface area contributed by atoms with Gasteiger partial charge in [0.1, 0.15) is 0 Å². The number of hydrogen-bond donors (Lipinski definition) is 1. The normalized spacial score (nSPS) is 9.13. The molecule has 0 bridgehead atoms. The van der Waals surface area contributed by atoms with E-state index in [2.05, 4.69) is 16.8 Å². The lowest BCUT2D eigenvalue weighted by Gasteiger charge is -1.92. The average molecular weight is 220 g/mol. The van der Waals surface area contributed by atoms with Crippen molar-refractivity contribution in [3.8, 4) is 11.8 Å². The van der Waals surface area contributed by atoms with Gasteiger partial charge in [0.05, 0.1) is 5.69 Å². The Bertz CT molecular complexity index is 407. The maximum absolute atomic E-state index is 10.6. The van der Waals surface area contributed by atoms with Gasteiger partial charge in [-0.05, 0) is 6.07 Å². The Labute approximate surface area is 93.5 Å². The molecule has 1 aromatic rings. The fraction of sp³-hybridized carbons (Fsp3) is 0.273. The highest BCUT2D eigenvalue weighted by molar-refractivity contribution is 8.13. The van der Waals surface area contributed by atoms with Gasteiger partial charge in [0.2, 0.25) is 0 Å². The van der Waals surface area contributed by atoms with Crippen LogP contribution in [0.1, 0.15) is 18.9 Å². The summed E-state index contributed by atoms with van der Waals surface area (Å²) in [5, 5.41) is 0.127. The first-order valence-corrected chi connectivity index (χ1v) is 5.50. The third-order valence-corrected chi connectivity index (χ3v) is 2.34. The van der Waals surface area contributed by atoms with Gasteiger partial charge in [-0.25, -0.2) is 0 Å². The van der Waals surface area contributed by atoms with E-state index in [0.29, 0.717) is 12.1 Å². The quantitative estimate of drug-likeness (QED) is 0.608. The van der Waals surface area contributed by atoms with Crippen LogP contribution in [0.25, 0.3) is 0 Å². The summed E-state index contributed by atoms with van der Waals surface area (Å²) in [5.41, 5.74) is 6.97. The van der Waals surface area contributed by atoms with Crippen LogP contribution in [0.3, 0.4) is 0 Å². The fourth-order valence-electron chi connectivity index (χ4n) is 0.936. The number of pyridine rings is 1. The number of thioether (sulfide) groups is 1. The molecule has 0 radical (unpaired) electrons. The number of carbonyl (C=O) groups is 1. The van der Waals surface area contributed by atoms with Crippen LogP contribution < -0.4 is 5.73 Å². The highest BCUT2D eigenvalue weighted by Gasteiger charge is 1.91. The van der Waals surface area contributed by atoms with E-state index in [1.807, 2.05) is 0 Å². The van der Waals surface area contributed by atoms with Gasteiger partial charge in [-0.3, -0.25) is 9.78 Å². The summed E-state index contributed by atoms with van der Waals surface area (Å²) in [6.45, 7) is 1.56. The lowest BCUT2D eigenvalue weighted by atomic mass is 10.2. The molecule has 78 valence electrons. The van der Waals surface area contributed by atoms with Gasteiger partial charge < -0.3 is 5.73 Å². The van der Waals surface area contributed by atoms with E-state index in [-0.39, 0.29) is 5.12 Å². The minimum absolute atomic E-state index is 0.127. The Hall–Kier alpha value is -1.47. The van der Waals surface area contributed by atoms with Gasteiger partial charge in [-0.15, -0.1) is 0 Å². The summed E-state index contributed by atoms with van der Waals surface area (Å²) < 4.78 is 0. The molecule has 0 unspecified atom stereocenters. The average Bonchev–Trinajstić information content (AvgIpc) is 2.17. The number of nitrogens with two attached hydrogens (primary N) is 1. The summed E-state index contributed by atoms with van der Waals surface area (Å²) in [6, 6.07) is 1.78. The molecule has 3 nitrogen and oxygen atoms in total. The van der Waals surface area contributed by atoms with Crippen LogP contribution in [-0.2, 0) is 4.79 Å². The van der Waals surface area contributed by atoms with Crippen LogP contribution >= 0.6 is 11.8 Å². The molecule has 0 aliphatic rings. The predicted molar refractivity (Wildman–Crippen MR) is 63.3 cm³/mol. The summed E-state index contributed by atoms with van der Waals surface area (Å²) in [6.07, 6.45) is 3.94. The van der Waals surface area contributed by atoms with Gasteiger partial charge >= 0.3 is 0 Å². The van der Waals surface area contributed by atoms with Crippen molar-refractivity contribution in [2.45, 2.75) is 13.3 Å². The Kier molecular flexibility index (Phi) is 4.72. The van der Waals surface area contributed by atoms with Crippen molar-refractivity contribution >= 4 is 22.6 Å². The summed E-state index contributed by atoms with van der Waals surface area (Å²) >= 11 is 1.29. The van der Waals surface area contributed by atoms with Crippen LogP contribution in [0.15, 0.2) is 18.5 Å². The van der Waals surface area contributed by atoms with Crippen molar-refractivity contribution in [1.29, 1.82) is 0 Å². The number of rotatable bonds is 2. The third kappa shape index (κ3) is 5.08. The first-order chi connectivity index (χ1) is 7.18. The molecule has 1 aromatic heterocycles. The standard InChI is InChI=1S/C11H12N2OS/c1-9(14)15-5-3-2-4-10-6-11(12)8-13-7-10/h6-8H,3,5,12H2,1H3. The first-order valence-electron chi connectivity index (χ1n) is 4.51. The molecule has 0 amide bonds. The molecule has 0 saturated carbocycles. The van der Waals surface area contributed by atoms with Crippen molar-refractivity contribution in [1.82, 2.24) is 4.98 Å². The van der Waals surface area contributed by atoms with Gasteiger partial charge in [0.25, 0.3) is 0 Å². The molecule has 15 heavy (non-hydrogen) atoms. The number of nitrogen functional groups attached to an aromatic ring is 1. The van der Waals surface area contributed by atoms with Gasteiger partial charge in [-0.1, -0.05) is 23.6 Å². The van der Waals surface area contributed by atoms with E-state index in [0.717, 1.165) is 11.3 Å². The Morgan fingerprint density at radius 2 is 2.40 bits per heavy atom. The Balaban J connectivity index is 2.41. The monoisotopic (exact) mass is 220 g/mol. The van der Waals surface area contributed by atoms with Crippen molar-refractivity contribution in [2.24, 2.45) is 0 Å². The van der Waals surface area contributed by atoms with E-state index >= 15 is 0 Å². The molecule has 0 atom stereocenters. The SMILES string of the molecule is CC(=O)SCCC#Cc1cncc(N)c1. The van der Waals surface area contributed by atoms with E-state index in [1.54, 1.807) is 25.4 Å². The largest absolute Gasteiger partial charge is 0.397 e. The maximum atomic E-state index is 10.6. The number of aromatic nitrogens is 1. The number of anilines is 1. The Morgan fingerprint density at radius 3 is 3.07 bits per heavy atom. The fourth-order valence-corrected chi connectivity index (χ4v) is 1.43. The van der Waals surface area contributed by atoms with E-state index in [1.165, 1.54) is 11.8 Å². The summed E-state index contributed by atoms with van der Waals surface area (Å²) in [4.78, 5) is 14.5. The van der Waals surface area contributed by atoms with Crippen molar-refractivity contribution in [3.63, 3.8) is 0 Å². The minimum Gasteiger partial charge on any atom is -0.397 e. The summed E-state index contributed by atoms with van der Waals surface area (Å²) in [5.74, 6) is 6.64. The number of hydrogen-bond acceptors (Lipinski definition) is 4.